The molecule has 3 aromatic rings. The van der Waals surface area contributed by atoms with Crippen LogP contribution in [0.1, 0.15) is 36.2 Å². The third-order valence-electron chi connectivity index (χ3n) is 4.70. The van der Waals surface area contributed by atoms with Gasteiger partial charge in [0.25, 0.3) is 5.91 Å². The maximum atomic E-state index is 12.8. The molecule has 0 aliphatic rings. The third-order valence-corrected chi connectivity index (χ3v) is 4.70. The molecule has 0 aliphatic heterocycles. The Morgan fingerprint density at radius 3 is 2.41 bits per heavy atom. The summed E-state index contributed by atoms with van der Waals surface area (Å²) < 4.78 is 38.4. The van der Waals surface area contributed by atoms with E-state index in [1.165, 1.54) is 12.1 Å². The first-order valence-electron chi connectivity index (χ1n) is 9.27. The lowest BCUT2D eigenvalue weighted by atomic mass is 9.96. The van der Waals surface area contributed by atoms with Crippen molar-refractivity contribution in [2.24, 2.45) is 0 Å². The highest BCUT2D eigenvalue weighted by molar-refractivity contribution is 6.02. The van der Waals surface area contributed by atoms with Crippen LogP contribution in [0.5, 0.6) is 0 Å². The first kappa shape index (κ1) is 20.5. The number of halogens is 3. The van der Waals surface area contributed by atoms with Crippen molar-refractivity contribution < 1.29 is 18.0 Å². The quantitative estimate of drug-likeness (QED) is 0.535. The monoisotopic (exact) mass is 395 g/mol. The van der Waals surface area contributed by atoms with Gasteiger partial charge in [-0.3, -0.25) is 4.79 Å². The minimum absolute atomic E-state index is 0.207. The van der Waals surface area contributed by atoms with E-state index in [2.05, 4.69) is 17.2 Å². The lowest BCUT2D eigenvalue weighted by molar-refractivity contribution is -0.137. The number of hydrogen-bond acceptors (Lipinski definition) is 1. The summed E-state index contributed by atoms with van der Waals surface area (Å²) in [6, 6.07) is 15.8. The smallest absolute Gasteiger partial charge is 0.338 e. The predicted octanol–water partition coefficient (Wildman–Crippen LogP) is 6.06. The maximum Gasteiger partial charge on any atom is 0.416 e. The zero-order valence-electron chi connectivity index (χ0n) is 16.1. The number of hydrogen-bond donors (Lipinski definition) is 1. The fraction of sp³-hybridized carbons (Fsp3) is 0.208. The molecular weight excluding hydrogens is 375 g/mol. The molecule has 148 valence electrons. The maximum absolute atomic E-state index is 12.8. The van der Waals surface area contributed by atoms with Gasteiger partial charge < -0.3 is 5.32 Å². The molecule has 5 heteroatoms. The number of benzene rings is 3. The summed E-state index contributed by atoms with van der Waals surface area (Å²) in [6.45, 7) is 3.68. The Hall–Kier alpha value is -3.26. The molecule has 1 amide bonds. The van der Waals surface area contributed by atoms with Gasteiger partial charge in [0.2, 0.25) is 0 Å². The van der Waals surface area contributed by atoms with E-state index in [1.54, 1.807) is 19.1 Å². The molecule has 2 nitrogen and oxygen atoms in total. The third kappa shape index (κ3) is 4.60. The van der Waals surface area contributed by atoms with Gasteiger partial charge in [0.1, 0.15) is 0 Å². The predicted molar refractivity (Wildman–Crippen MR) is 109 cm³/mol. The van der Waals surface area contributed by atoms with E-state index in [-0.39, 0.29) is 11.9 Å². The minimum atomic E-state index is -4.36. The van der Waals surface area contributed by atoms with Gasteiger partial charge in [-0.1, -0.05) is 49.2 Å². The molecule has 0 saturated heterocycles. The number of fused-ring (bicyclic) bond motifs is 1. The Morgan fingerprint density at radius 2 is 1.79 bits per heavy atom. The minimum Gasteiger partial charge on any atom is -0.338 e. The van der Waals surface area contributed by atoms with E-state index in [4.69, 9.17) is 0 Å². The SMILES string of the molecule is CC#CC(CC)NC(=O)c1ccc2c(-c3ccc(C(F)(F)F)cc3)cccc2c1. The van der Waals surface area contributed by atoms with Gasteiger partial charge >= 0.3 is 6.18 Å². The van der Waals surface area contributed by atoms with Crippen LogP contribution >= 0.6 is 0 Å². The van der Waals surface area contributed by atoms with Gasteiger partial charge in [0.15, 0.2) is 0 Å². The van der Waals surface area contributed by atoms with Crippen LogP contribution < -0.4 is 5.32 Å². The second-order valence-corrected chi connectivity index (χ2v) is 6.65. The van der Waals surface area contributed by atoms with Crippen LogP contribution in [0.15, 0.2) is 60.7 Å². The number of amides is 1. The van der Waals surface area contributed by atoms with Crippen LogP contribution in [-0.2, 0) is 6.18 Å². The molecule has 29 heavy (non-hydrogen) atoms. The lowest BCUT2D eigenvalue weighted by Crippen LogP contribution is -2.33. The van der Waals surface area contributed by atoms with E-state index in [0.29, 0.717) is 17.5 Å². The highest BCUT2D eigenvalue weighted by atomic mass is 19.4. The number of rotatable bonds is 4. The first-order valence-corrected chi connectivity index (χ1v) is 9.27. The van der Waals surface area contributed by atoms with Gasteiger partial charge in [-0.15, -0.1) is 5.92 Å². The number of carbonyl (C=O) groups excluding carboxylic acids is 1. The van der Waals surface area contributed by atoms with Gasteiger partial charge in [-0.25, -0.2) is 0 Å². The molecule has 3 aromatic carbocycles. The zero-order valence-corrected chi connectivity index (χ0v) is 16.1. The Morgan fingerprint density at radius 1 is 1.07 bits per heavy atom. The van der Waals surface area contributed by atoms with E-state index in [1.807, 2.05) is 31.2 Å². The van der Waals surface area contributed by atoms with Crippen LogP contribution in [0.4, 0.5) is 13.2 Å². The fourth-order valence-electron chi connectivity index (χ4n) is 3.17. The lowest BCUT2D eigenvalue weighted by Gasteiger charge is -2.13. The van der Waals surface area contributed by atoms with E-state index >= 15 is 0 Å². The molecule has 1 N–H and O–H groups in total. The van der Waals surface area contributed by atoms with Crippen LogP contribution in [0.3, 0.4) is 0 Å². The van der Waals surface area contributed by atoms with Crippen molar-refractivity contribution in [2.45, 2.75) is 32.5 Å². The second-order valence-electron chi connectivity index (χ2n) is 6.65. The van der Waals surface area contributed by atoms with E-state index < -0.39 is 11.7 Å². The molecule has 0 saturated carbocycles. The molecule has 1 unspecified atom stereocenters. The van der Waals surface area contributed by atoms with Gasteiger partial charge in [0.05, 0.1) is 11.6 Å². The van der Waals surface area contributed by atoms with Crippen molar-refractivity contribution in [1.82, 2.24) is 5.32 Å². The Labute approximate surface area is 167 Å². The summed E-state index contributed by atoms with van der Waals surface area (Å²) >= 11 is 0. The Balaban J connectivity index is 1.94. The van der Waals surface area contributed by atoms with Gasteiger partial charge in [0, 0.05) is 5.56 Å². The topological polar surface area (TPSA) is 29.1 Å². The summed E-state index contributed by atoms with van der Waals surface area (Å²) in [5.74, 6) is 5.56. The van der Waals surface area contributed by atoms with Crippen molar-refractivity contribution in [3.8, 4) is 23.0 Å². The standard InChI is InChI=1S/C24H20F3NO/c1-3-6-20(4-2)28-23(29)18-11-14-22-17(15-18)7-5-8-21(22)16-9-12-19(13-10-16)24(25,26)27/h5,7-15,20H,4H2,1-2H3,(H,28,29). The molecular formula is C24H20F3NO. The second kappa shape index (κ2) is 8.40. The Kier molecular flexibility index (Phi) is 5.93. The number of nitrogens with one attached hydrogen (secondary N) is 1. The van der Waals surface area contributed by atoms with Crippen LogP contribution in [0.2, 0.25) is 0 Å². The molecule has 0 radical (unpaired) electrons. The average molecular weight is 395 g/mol. The fourth-order valence-corrected chi connectivity index (χ4v) is 3.17. The van der Waals surface area contributed by atoms with Crippen molar-refractivity contribution in [3.05, 3.63) is 71.8 Å². The van der Waals surface area contributed by atoms with Gasteiger partial charge in [-0.2, -0.15) is 13.2 Å². The highest BCUT2D eigenvalue weighted by Crippen LogP contribution is 2.33. The summed E-state index contributed by atoms with van der Waals surface area (Å²) in [5, 5.41) is 4.60. The molecule has 0 spiro atoms. The van der Waals surface area contributed by atoms with Gasteiger partial charge in [-0.05, 0) is 59.5 Å². The molecule has 0 heterocycles. The first-order chi connectivity index (χ1) is 13.8. The van der Waals surface area contributed by atoms with Crippen LogP contribution in [0, 0.1) is 11.8 Å². The summed E-state index contributed by atoms with van der Waals surface area (Å²) in [6.07, 6.45) is -3.66. The molecule has 1 atom stereocenters. The molecule has 0 bridgehead atoms. The van der Waals surface area contributed by atoms with Crippen molar-refractivity contribution in [3.63, 3.8) is 0 Å². The van der Waals surface area contributed by atoms with Crippen LogP contribution in [-0.4, -0.2) is 11.9 Å². The summed E-state index contributed by atoms with van der Waals surface area (Å²) in [4.78, 5) is 12.5. The molecule has 0 fully saturated rings. The van der Waals surface area contributed by atoms with E-state index in [9.17, 15) is 18.0 Å². The van der Waals surface area contributed by atoms with Crippen molar-refractivity contribution >= 4 is 16.7 Å². The van der Waals surface area contributed by atoms with Crippen LogP contribution in [0.25, 0.3) is 21.9 Å². The largest absolute Gasteiger partial charge is 0.416 e. The zero-order chi connectivity index (χ0) is 21.0. The van der Waals surface area contributed by atoms with E-state index in [0.717, 1.165) is 28.5 Å². The molecule has 3 rings (SSSR count). The summed E-state index contributed by atoms with van der Waals surface area (Å²) in [5.41, 5.74) is 1.33. The number of carbonyl (C=O) groups is 1. The van der Waals surface area contributed by atoms with Crippen molar-refractivity contribution in [1.29, 1.82) is 0 Å². The summed E-state index contributed by atoms with van der Waals surface area (Å²) in [7, 11) is 0. The highest BCUT2D eigenvalue weighted by Gasteiger charge is 2.30. The van der Waals surface area contributed by atoms with Crippen molar-refractivity contribution in [2.75, 3.05) is 0 Å². The molecule has 0 aromatic heterocycles. The molecule has 0 aliphatic carbocycles. The Bertz CT molecular complexity index is 1090. The normalized spacial score (nSPS) is 12.2. The number of alkyl halides is 3. The average Bonchev–Trinajstić information content (AvgIpc) is 2.72.